The van der Waals surface area contributed by atoms with Gasteiger partial charge in [0.2, 0.25) is 5.91 Å². The van der Waals surface area contributed by atoms with E-state index in [9.17, 15) is 4.79 Å². The van der Waals surface area contributed by atoms with Gasteiger partial charge in [-0.1, -0.05) is 23.4 Å². The molecule has 0 spiro atoms. The van der Waals surface area contributed by atoms with Crippen molar-refractivity contribution >= 4 is 40.6 Å². The standard InChI is InChI=1S/C18H19ClN6OS/c1-24(2)15-5-4-13(19)10-14(15)21-16(26)11-27-18-23-22-17(25(18)3)12-6-8-20-9-7-12/h4-10H,11H2,1-3H3,(H,21,26). The fourth-order valence-electron chi connectivity index (χ4n) is 2.51. The van der Waals surface area contributed by atoms with Crippen LogP contribution in [0.15, 0.2) is 47.9 Å². The smallest absolute Gasteiger partial charge is 0.234 e. The van der Waals surface area contributed by atoms with E-state index >= 15 is 0 Å². The van der Waals surface area contributed by atoms with E-state index in [-0.39, 0.29) is 11.7 Å². The molecule has 0 radical (unpaired) electrons. The SMILES string of the molecule is CN(C)c1ccc(Cl)cc1NC(=O)CSc1nnc(-c2ccncc2)n1C. The molecule has 0 unspecified atom stereocenters. The Morgan fingerprint density at radius 1 is 1.22 bits per heavy atom. The summed E-state index contributed by atoms with van der Waals surface area (Å²) in [5, 5.41) is 12.5. The summed E-state index contributed by atoms with van der Waals surface area (Å²) in [4.78, 5) is 18.3. The van der Waals surface area contributed by atoms with Crippen molar-refractivity contribution in [2.24, 2.45) is 7.05 Å². The number of nitrogens with one attached hydrogen (secondary N) is 1. The van der Waals surface area contributed by atoms with Crippen LogP contribution < -0.4 is 10.2 Å². The zero-order valence-corrected chi connectivity index (χ0v) is 16.8. The van der Waals surface area contributed by atoms with Crippen molar-refractivity contribution in [1.82, 2.24) is 19.7 Å². The van der Waals surface area contributed by atoms with Crippen LogP contribution in [0.25, 0.3) is 11.4 Å². The summed E-state index contributed by atoms with van der Waals surface area (Å²) in [6.45, 7) is 0. The monoisotopic (exact) mass is 402 g/mol. The number of amides is 1. The Morgan fingerprint density at radius 2 is 1.96 bits per heavy atom. The van der Waals surface area contributed by atoms with E-state index in [0.717, 1.165) is 17.1 Å². The lowest BCUT2D eigenvalue weighted by atomic mass is 10.2. The number of carbonyl (C=O) groups is 1. The maximum absolute atomic E-state index is 12.4. The van der Waals surface area contributed by atoms with Crippen molar-refractivity contribution in [3.05, 3.63) is 47.7 Å². The molecule has 9 heteroatoms. The highest BCUT2D eigenvalue weighted by molar-refractivity contribution is 7.99. The number of benzene rings is 1. The third-order valence-corrected chi connectivity index (χ3v) is 5.08. The van der Waals surface area contributed by atoms with Crippen LogP contribution in [0.4, 0.5) is 11.4 Å². The number of aromatic nitrogens is 4. The second-order valence-corrected chi connectivity index (χ2v) is 7.37. The van der Waals surface area contributed by atoms with Gasteiger partial charge in [0.15, 0.2) is 11.0 Å². The molecule has 1 aromatic carbocycles. The topological polar surface area (TPSA) is 75.9 Å². The number of carbonyl (C=O) groups excluding carboxylic acids is 1. The van der Waals surface area contributed by atoms with Gasteiger partial charge in [-0.2, -0.15) is 0 Å². The van der Waals surface area contributed by atoms with Gasteiger partial charge >= 0.3 is 0 Å². The number of hydrogen-bond donors (Lipinski definition) is 1. The van der Waals surface area contributed by atoms with Gasteiger partial charge in [-0.25, -0.2) is 0 Å². The molecule has 0 aliphatic heterocycles. The molecule has 2 heterocycles. The Hall–Kier alpha value is -2.58. The summed E-state index contributed by atoms with van der Waals surface area (Å²) < 4.78 is 1.86. The van der Waals surface area contributed by atoms with Crippen molar-refractivity contribution in [2.45, 2.75) is 5.16 Å². The lowest BCUT2D eigenvalue weighted by Crippen LogP contribution is -2.18. The third-order valence-electron chi connectivity index (χ3n) is 3.82. The fourth-order valence-corrected chi connectivity index (χ4v) is 3.39. The molecule has 1 amide bonds. The quantitative estimate of drug-likeness (QED) is 0.637. The largest absolute Gasteiger partial charge is 0.376 e. The van der Waals surface area contributed by atoms with Crippen LogP contribution >= 0.6 is 23.4 Å². The Balaban J connectivity index is 1.67. The summed E-state index contributed by atoms with van der Waals surface area (Å²) in [7, 11) is 5.69. The molecule has 0 saturated heterocycles. The maximum atomic E-state index is 12.4. The summed E-state index contributed by atoms with van der Waals surface area (Å²) in [6.07, 6.45) is 3.41. The highest BCUT2D eigenvalue weighted by atomic mass is 35.5. The van der Waals surface area contributed by atoms with Crippen molar-refractivity contribution in [3.8, 4) is 11.4 Å². The highest BCUT2D eigenvalue weighted by Gasteiger charge is 2.14. The van der Waals surface area contributed by atoms with E-state index in [4.69, 9.17) is 11.6 Å². The maximum Gasteiger partial charge on any atom is 0.234 e. The number of halogens is 1. The van der Waals surface area contributed by atoms with E-state index in [2.05, 4.69) is 20.5 Å². The summed E-state index contributed by atoms with van der Waals surface area (Å²) in [5.74, 6) is 0.797. The van der Waals surface area contributed by atoms with Gasteiger partial charge in [0, 0.05) is 44.1 Å². The Kier molecular flexibility index (Phi) is 5.98. The molecular weight excluding hydrogens is 384 g/mol. The van der Waals surface area contributed by atoms with Crippen LogP contribution in [0, 0.1) is 0 Å². The molecular formula is C18H19ClN6OS. The molecule has 3 aromatic rings. The molecule has 0 aliphatic rings. The van der Waals surface area contributed by atoms with Crippen LogP contribution in [0.5, 0.6) is 0 Å². The van der Waals surface area contributed by atoms with Gasteiger partial charge in [-0.3, -0.25) is 9.78 Å². The number of pyridine rings is 1. The van der Waals surface area contributed by atoms with E-state index in [0.29, 0.717) is 15.9 Å². The Bertz CT molecular complexity index is 944. The van der Waals surface area contributed by atoms with Gasteiger partial charge < -0.3 is 14.8 Å². The molecule has 7 nitrogen and oxygen atoms in total. The summed E-state index contributed by atoms with van der Waals surface area (Å²) >= 11 is 7.38. The fraction of sp³-hybridized carbons (Fsp3) is 0.222. The minimum atomic E-state index is -0.140. The molecule has 140 valence electrons. The van der Waals surface area contributed by atoms with E-state index in [1.54, 1.807) is 24.5 Å². The van der Waals surface area contributed by atoms with Crippen molar-refractivity contribution in [1.29, 1.82) is 0 Å². The number of thioether (sulfide) groups is 1. The molecule has 0 atom stereocenters. The van der Waals surface area contributed by atoms with Crippen molar-refractivity contribution in [2.75, 3.05) is 30.1 Å². The van der Waals surface area contributed by atoms with Crippen molar-refractivity contribution < 1.29 is 4.79 Å². The van der Waals surface area contributed by atoms with Gasteiger partial charge in [-0.15, -0.1) is 10.2 Å². The first-order valence-corrected chi connectivity index (χ1v) is 9.51. The minimum Gasteiger partial charge on any atom is -0.376 e. The number of nitrogens with zero attached hydrogens (tertiary/aromatic N) is 5. The molecule has 2 aromatic heterocycles. The van der Waals surface area contributed by atoms with Crippen LogP contribution in [0.1, 0.15) is 0 Å². The zero-order chi connectivity index (χ0) is 19.4. The molecule has 0 saturated carbocycles. The first-order valence-electron chi connectivity index (χ1n) is 8.15. The predicted octanol–water partition coefficient (Wildman–Crippen LogP) is 3.33. The van der Waals surface area contributed by atoms with Gasteiger partial charge in [-0.05, 0) is 30.3 Å². The van der Waals surface area contributed by atoms with Crippen LogP contribution in [-0.4, -0.2) is 45.5 Å². The number of rotatable bonds is 6. The van der Waals surface area contributed by atoms with Crippen molar-refractivity contribution in [3.63, 3.8) is 0 Å². The van der Waals surface area contributed by atoms with Gasteiger partial charge in [0.1, 0.15) is 0 Å². The van der Waals surface area contributed by atoms with Crippen LogP contribution in [0.2, 0.25) is 5.02 Å². The van der Waals surface area contributed by atoms with E-state index < -0.39 is 0 Å². The Morgan fingerprint density at radius 3 is 2.67 bits per heavy atom. The molecule has 3 rings (SSSR count). The number of anilines is 2. The lowest BCUT2D eigenvalue weighted by molar-refractivity contribution is -0.113. The average molecular weight is 403 g/mol. The molecule has 0 aliphatic carbocycles. The minimum absolute atomic E-state index is 0.140. The van der Waals surface area contributed by atoms with Gasteiger partial charge in [0.25, 0.3) is 0 Å². The molecule has 1 N–H and O–H groups in total. The predicted molar refractivity (Wildman–Crippen MR) is 109 cm³/mol. The van der Waals surface area contributed by atoms with E-state index in [1.807, 2.05) is 48.8 Å². The van der Waals surface area contributed by atoms with E-state index in [1.165, 1.54) is 11.8 Å². The second kappa shape index (κ2) is 8.41. The number of hydrogen-bond acceptors (Lipinski definition) is 6. The van der Waals surface area contributed by atoms with Gasteiger partial charge in [0.05, 0.1) is 17.1 Å². The molecule has 0 fully saturated rings. The third kappa shape index (κ3) is 4.58. The van der Waals surface area contributed by atoms with Crippen LogP contribution in [-0.2, 0) is 11.8 Å². The second-order valence-electron chi connectivity index (χ2n) is 5.99. The first-order chi connectivity index (χ1) is 13.0. The normalized spacial score (nSPS) is 10.7. The summed E-state index contributed by atoms with van der Waals surface area (Å²) in [5.41, 5.74) is 2.48. The zero-order valence-electron chi connectivity index (χ0n) is 15.2. The summed E-state index contributed by atoms with van der Waals surface area (Å²) in [6, 6.07) is 9.14. The lowest BCUT2D eigenvalue weighted by Gasteiger charge is -2.18. The molecule has 27 heavy (non-hydrogen) atoms. The average Bonchev–Trinajstić information content (AvgIpc) is 3.01. The molecule has 0 bridgehead atoms. The highest BCUT2D eigenvalue weighted by Crippen LogP contribution is 2.28. The Labute approximate surface area is 166 Å². The van der Waals surface area contributed by atoms with Crippen LogP contribution in [0.3, 0.4) is 0 Å². The first kappa shape index (κ1) is 19.2.